The quantitative estimate of drug-likeness (QED) is 0.762. The van der Waals surface area contributed by atoms with Gasteiger partial charge in [-0.2, -0.15) is 0 Å². The van der Waals surface area contributed by atoms with Crippen LogP contribution >= 0.6 is 11.6 Å². The molecule has 0 amide bonds. The first-order valence-corrected chi connectivity index (χ1v) is 6.98. The molecule has 1 unspecified atom stereocenters. The molecule has 0 saturated heterocycles. The SMILES string of the molecule is COc1cccc(CC(C(=O)Cl)c2ccccc2OC)c1. The number of halogens is 1. The molecule has 2 aromatic rings. The molecule has 0 radical (unpaired) electrons. The lowest BCUT2D eigenvalue weighted by Crippen LogP contribution is -2.11. The van der Waals surface area contributed by atoms with Gasteiger partial charge in [-0.25, -0.2) is 0 Å². The van der Waals surface area contributed by atoms with Crippen molar-refractivity contribution in [3.63, 3.8) is 0 Å². The zero-order chi connectivity index (χ0) is 15.2. The van der Waals surface area contributed by atoms with Crippen molar-refractivity contribution in [3.05, 3.63) is 59.7 Å². The minimum Gasteiger partial charge on any atom is -0.497 e. The van der Waals surface area contributed by atoms with Gasteiger partial charge in [0.15, 0.2) is 0 Å². The molecule has 1 atom stereocenters. The second kappa shape index (κ2) is 7.14. The van der Waals surface area contributed by atoms with E-state index in [4.69, 9.17) is 21.1 Å². The predicted molar refractivity (Wildman–Crippen MR) is 83.3 cm³/mol. The molecular formula is C17H17ClO3. The van der Waals surface area contributed by atoms with Gasteiger partial charge in [0.25, 0.3) is 0 Å². The largest absolute Gasteiger partial charge is 0.497 e. The fourth-order valence-electron chi connectivity index (χ4n) is 2.30. The lowest BCUT2D eigenvalue weighted by Gasteiger charge is -2.16. The van der Waals surface area contributed by atoms with Crippen molar-refractivity contribution in [1.82, 2.24) is 0 Å². The maximum Gasteiger partial charge on any atom is 0.229 e. The van der Waals surface area contributed by atoms with E-state index in [0.717, 1.165) is 16.9 Å². The first kappa shape index (κ1) is 15.4. The molecular weight excluding hydrogens is 288 g/mol. The number of methoxy groups -OCH3 is 2. The highest BCUT2D eigenvalue weighted by Crippen LogP contribution is 2.31. The number of carbonyl (C=O) groups excluding carboxylic acids is 1. The molecule has 0 spiro atoms. The lowest BCUT2D eigenvalue weighted by atomic mass is 9.92. The van der Waals surface area contributed by atoms with E-state index in [-0.39, 0.29) is 0 Å². The molecule has 0 aliphatic rings. The Bertz CT molecular complexity index is 625. The Labute approximate surface area is 129 Å². The average molecular weight is 305 g/mol. The Morgan fingerprint density at radius 1 is 1.10 bits per heavy atom. The van der Waals surface area contributed by atoms with Crippen LogP contribution in [-0.4, -0.2) is 19.5 Å². The fraction of sp³-hybridized carbons (Fsp3) is 0.235. The monoisotopic (exact) mass is 304 g/mol. The van der Waals surface area contributed by atoms with Crippen molar-refractivity contribution in [2.24, 2.45) is 0 Å². The fourth-order valence-corrected chi connectivity index (χ4v) is 2.50. The van der Waals surface area contributed by atoms with Crippen LogP contribution in [0.3, 0.4) is 0 Å². The summed E-state index contributed by atoms with van der Waals surface area (Å²) < 4.78 is 10.5. The molecule has 0 heterocycles. The summed E-state index contributed by atoms with van der Waals surface area (Å²) in [6, 6.07) is 15.0. The minimum atomic E-state index is -0.449. The first-order chi connectivity index (χ1) is 10.2. The molecule has 0 bridgehead atoms. The molecule has 0 N–H and O–H groups in total. The highest BCUT2D eigenvalue weighted by molar-refractivity contribution is 6.64. The summed E-state index contributed by atoms with van der Waals surface area (Å²) in [4.78, 5) is 11.8. The zero-order valence-corrected chi connectivity index (χ0v) is 12.8. The number of para-hydroxylation sites is 1. The molecule has 21 heavy (non-hydrogen) atoms. The summed E-state index contributed by atoms with van der Waals surface area (Å²) in [7, 11) is 3.20. The van der Waals surface area contributed by atoms with Gasteiger partial charge in [-0.15, -0.1) is 0 Å². The van der Waals surface area contributed by atoms with Crippen molar-refractivity contribution in [1.29, 1.82) is 0 Å². The Kier molecular flexibility index (Phi) is 5.23. The zero-order valence-electron chi connectivity index (χ0n) is 12.0. The molecule has 0 saturated carbocycles. The van der Waals surface area contributed by atoms with Crippen molar-refractivity contribution < 1.29 is 14.3 Å². The Morgan fingerprint density at radius 2 is 1.86 bits per heavy atom. The van der Waals surface area contributed by atoms with E-state index in [2.05, 4.69) is 0 Å². The molecule has 2 rings (SSSR count). The highest BCUT2D eigenvalue weighted by Gasteiger charge is 2.22. The van der Waals surface area contributed by atoms with Gasteiger partial charge in [-0.05, 0) is 41.8 Å². The number of ether oxygens (including phenoxy) is 2. The van der Waals surface area contributed by atoms with Crippen LogP contribution in [0, 0.1) is 0 Å². The van der Waals surface area contributed by atoms with Crippen molar-refractivity contribution in [2.75, 3.05) is 14.2 Å². The summed E-state index contributed by atoms with van der Waals surface area (Å²) in [5, 5.41) is -0.401. The van der Waals surface area contributed by atoms with Crippen LogP contribution in [0.15, 0.2) is 48.5 Å². The second-order valence-electron chi connectivity index (χ2n) is 4.65. The number of hydrogen-bond acceptors (Lipinski definition) is 3. The standard InChI is InChI=1S/C17H17ClO3/c1-20-13-7-5-6-12(10-13)11-15(17(18)19)14-8-3-4-9-16(14)21-2/h3-10,15H,11H2,1-2H3. The van der Waals surface area contributed by atoms with E-state index in [1.54, 1.807) is 14.2 Å². The van der Waals surface area contributed by atoms with Gasteiger partial charge in [0, 0.05) is 5.56 Å². The predicted octanol–water partition coefficient (Wildman–Crippen LogP) is 3.80. The third-order valence-electron chi connectivity index (χ3n) is 3.36. The average Bonchev–Trinajstić information content (AvgIpc) is 2.52. The van der Waals surface area contributed by atoms with E-state index in [9.17, 15) is 4.79 Å². The molecule has 0 aromatic heterocycles. The smallest absolute Gasteiger partial charge is 0.229 e. The second-order valence-corrected chi connectivity index (χ2v) is 5.03. The van der Waals surface area contributed by atoms with E-state index < -0.39 is 11.2 Å². The number of benzene rings is 2. The van der Waals surface area contributed by atoms with E-state index >= 15 is 0 Å². The van der Waals surface area contributed by atoms with Crippen molar-refractivity contribution in [2.45, 2.75) is 12.3 Å². The molecule has 3 nitrogen and oxygen atoms in total. The number of hydrogen-bond donors (Lipinski definition) is 0. The van der Waals surface area contributed by atoms with Gasteiger partial charge < -0.3 is 9.47 Å². The molecule has 4 heteroatoms. The minimum absolute atomic E-state index is 0.401. The highest BCUT2D eigenvalue weighted by atomic mass is 35.5. The van der Waals surface area contributed by atoms with E-state index in [1.807, 2.05) is 48.5 Å². The van der Waals surface area contributed by atoms with Gasteiger partial charge in [-0.3, -0.25) is 4.79 Å². The first-order valence-electron chi connectivity index (χ1n) is 6.61. The molecule has 0 fully saturated rings. The Balaban J connectivity index is 2.33. The maximum atomic E-state index is 11.8. The summed E-state index contributed by atoms with van der Waals surface area (Å²) in [5.41, 5.74) is 1.78. The van der Waals surface area contributed by atoms with E-state index in [0.29, 0.717) is 12.2 Å². The molecule has 110 valence electrons. The van der Waals surface area contributed by atoms with Gasteiger partial charge >= 0.3 is 0 Å². The molecule has 0 aliphatic heterocycles. The summed E-state index contributed by atoms with van der Waals surface area (Å²) >= 11 is 5.81. The van der Waals surface area contributed by atoms with Crippen LogP contribution in [0.5, 0.6) is 11.5 Å². The van der Waals surface area contributed by atoms with Crippen LogP contribution < -0.4 is 9.47 Å². The summed E-state index contributed by atoms with van der Waals surface area (Å²) in [6.07, 6.45) is 0.500. The molecule has 2 aromatic carbocycles. The van der Waals surface area contributed by atoms with Crippen molar-refractivity contribution in [3.8, 4) is 11.5 Å². The summed E-state index contributed by atoms with van der Waals surface area (Å²) in [6.45, 7) is 0. The normalized spacial score (nSPS) is 11.8. The maximum absolute atomic E-state index is 11.8. The van der Waals surface area contributed by atoms with Gasteiger partial charge in [0.2, 0.25) is 5.24 Å². The van der Waals surface area contributed by atoms with Gasteiger partial charge in [0.05, 0.1) is 20.1 Å². The van der Waals surface area contributed by atoms with Gasteiger partial charge in [0.1, 0.15) is 11.5 Å². The molecule has 0 aliphatic carbocycles. The Morgan fingerprint density at radius 3 is 2.52 bits per heavy atom. The lowest BCUT2D eigenvalue weighted by molar-refractivity contribution is -0.113. The van der Waals surface area contributed by atoms with Gasteiger partial charge in [-0.1, -0.05) is 30.3 Å². The summed E-state index contributed by atoms with van der Waals surface area (Å²) in [5.74, 6) is 0.975. The van der Waals surface area contributed by atoms with Crippen LogP contribution in [-0.2, 0) is 11.2 Å². The topological polar surface area (TPSA) is 35.5 Å². The van der Waals surface area contributed by atoms with Crippen LogP contribution in [0.1, 0.15) is 17.0 Å². The Hall–Kier alpha value is -2.00. The number of carbonyl (C=O) groups is 1. The van der Waals surface area contributed by atoms with Crippen LogP contribution in [0.2, 0.25) is 0 Å². The third kappa shape index (κ3) is 3.76. The number of rotatable bonds is 6. The van der Waals surface area contributed by atoms with Crippen LogP contribution in [0.25, 0.3) is 0 Å². The van der Waals surface area contributed by atoms with Crippen molar-refractivity contribution >= 4 is 16.8 Å². The van der Waals surface area contributed by atoms with Crippen LogP contribution in [0.4, 0.5) is 0 Å². The third-order valence-corrected chi connectivity index (χ3v) is 3.63. The van der Waals surface area contributed by atoms with E-state index in [1.165, 1.54) is 0 Å².